The minimum Gasteiger partial charge on any atom is -0.0999 e. The Morgan fingerprint density at radius 1 is 0.917 bits per heavy atom. The summed E-state index contributed by atoms with van der Waals surface area (Å²) in [6, 6.07) is 16.9. The molecule has 0 nitrogen and oxygen atoms in total. The summed E-state index contributed by atoms with van der Waals surface area (Å²) in [5.74, 6) is 2.93. The van der Waals surface area contributed by atoms with Gasteiger partial charge in [-0.15, -0.1) is 0 Å². The van der Waals surface area contributed by atoms with Gasteiger partial charge in [-0.25, -0.2) is 0 Å². The standard InChI is InChI=1S/C36H46/c1-26(2)32-16-18-34(19-17-32)33-14-12-29(13-15-33)10-11-31-21-22-36(25-31,24-30-7-5-6-8-30)35-20-9-27(3)23-28(35)4/h5-9,12-15,20,23,30-32,34H,1,10-11,16-19,21-22,24-25H2,2-4H3/t31-,32?,34?,36+/m0/s1. The summed E-state index contributed by atoms with van der Waals surface area (Å²) in [7, 11) is 0. The number of rotatable bonds is 8. The van der Waals surface area contributed by atoms with Crippen molar-refractivity contribution in [2.75, 3.05) is 0 Å². The zero-order valence-corrected chi connectivity index (χ0v) is 22.9. The third-order valence-corrected chi connectivity index (χ3v) is 9.83. The molecular weight excluding hydrogens is 432 g/mol. The van der Waals surface area contributed by atoms with E-state index in [1.54, 1.807) is 11.1 Å². The fourth-order valence-electron chi connectivity index (χ4n) is 7.74. The van der Waals surface area contributed by atoms with Crippen molar-refractivity contribution in [2.24, 2.45) is 17.8 Å². The molecule has 0 spiro atoms. The predicted molar refractivity (Wildman–Crippen MR) is 156 cm³/mol. The van der Waals surface area contributed by atoms with E-state index < -0.39 is 0 Å². The van der Waals surface area contributed by atoms with Gasteiger partial charge in [0.25, 0.3) is 0 Å². The van der Waals surface area contributed by atoms with Crippen LogP contribution in [-0.2, 0) is 11.8 Å². The van der Waals surface area contributed by atoms with Crippen molar-refractivity contribution in [3.8, 4) is 0 Å². The van der Waals surface area contributed by atoms with Gasteiger partial charge in [0.05, 0.1) is 0 Å². The van der Waals surface area contributed by atoms with Crippen LogP contribution in [0.15, 0.2) is 78.9 Å². The third kappa shape index (κ3) is 5.64. The molecule has 0 heterocycles. The van der Waals surface area contributed by atoms with Gasteiger partial charge in [-0.3, -0.25) is 0 Å². The fraction of sp³-hybridized carbons (Fsp3) is 0.500. The lowest BCUT2D eigenvalue weighted by molar-refractivity contribution is 0.355. The Morgan fingerprint density at radius 2 is 1.64 bits per heavy atom. The maximum atomic E-state index is 4.19. The molecule has 0 heteroatoms. The molecule has 3 aliphatic carbocycles. The highest BCUT2D eigenvalue weighted by molar-refractivity contribution is 5.38. The second-order valence-corrected chi connectivity index (χ2v) is 12.5. The normalized spacial score (nSPS) is 28.1. The Balaban J connectivity index is 1.21. The largest absolute Gasteiger partial charge is 0.0999 e. The molecule has 0 saturated heterocycles. The highest BCUT2D eigenvalue weighted by Crippen LogP contribution is 2.51. The summed E-state index contributed by atoms with van der Waals surface area (Å²) in [6.07, 6.45) is 22.4. The molecule has 0 aliphatic heterocycles. The molecule has 0 amide bonds. The van der Waals surface area contributed by atoms with Crippen LogP contribution in [0.1, 0.15) is 98.4 Å². The van der Waals surface area contributed by atoms with Crippen LogP contribution in [0.3, 0.4) is 0 Å². The lowest BCUT2D eigenvalue weighted by Crippen LogP contribution is -2.26. The van der Waals surface area contributed by atoms with Gasteiger partial charge in [0.2, 0.25) is 0 Å². The zero-order valence-electron chi connectivity index (χ0n) is 22.9. The molecule has 0 unspecified atom stereocenters. The molecule has 2 saturated carbocycles. The predicted octanol–water partition coefficient (Wildman–Crippen LogP) is 9.96. The highest BCUT2D eigenvalue weighted by atomic mass is 14.5. The van der Waals surface area contributed by atoms with Gasteiger partial charge in [-0.1, -0.05) is 84.5 Å². The number of hydrogen-bond acceptors (Lipinski definition) is 0. The minimum atomic E-state index is 0.332. The molecule has 2 aromatic carbocycles. The Hall–Kier alpha value is -2.34. The first-order valence-electron chi connectivity index (χ1n) is 14.6. The molecule has 190 valence electrons. The van der Waals surface area contributed by atoms with Crippen molar-refractivity contribution in [2.45, 2.75) is 96.3 Å². The van der Waals surface area contributed by atoms with Gasteiger partial charge in [-0.2, -0.15) is 0 Å². The Morgan fingerprint density at radius 3 is 2.31 bits per heavy atom. The smallest absolute Gasteiger partial charge is 0.00330 e. The van der Waals surface area contributed by atoms with Crippen LogP contribution in [-0.4, -0.2) is 0 Å². The lowest BCUT2D eigenvalue weighted by Gasteiger charge is -2.34. The van der Waals surface area contributed by atoms with Crippen molar-refractivity contribution in [1.82, 2.24) is 0 Å². The minimum absolute atomic E-state index is 0.332. The monoisotopic (exact) mass is 478 g/mol. The molecule has 3 aliphatic rings. The number of allylic oxidation sites excluding steroid dienone is 5. The molecule has 0 bridgehead atoms. The van der Waals surface area contributed by atoms with E-state index >= 15 is 0 Å². The maximum Gasteiger partial charge on any atom is -0.00330 e. The topological polar surface area (TPSA) is 0 Å². The summed E-state index contributed by atoms with van der Waals surface area (Å²) in [4.78, 5) is 0. The first kappa shape index (κ1) is 25.3. The van der Waals surface area contributed by atoms with Crippen LogP contribution >= 0.6 is 0 Å². The molecule has 2 aromatic rings. The summed E-state index contributed by atoms with van der Waals surface area (Å²) >= 11 is 0. The van der Waals surface area contributed by atoms with E-state index in [4.69, 9.17) is 0 Å². The average Bonchev–Trinajstić information content (AvgIpc) is 3.54. The van der Waals surface area contributed by atoms with E-state index in [-0.39, 0.29) is 0 Å². The second-order valence-electron chi connectivity index (χ2n) is 12.5. The van der Waals surface area contributed by atoms with E-state index in [1.807, 2.05) is 0 Å². The summed E-state index contributed by atoms with van der Waals surface area (Å²) < 4.78 is 0. The molecule has 0 aromatic heterocycles. The number of benzene rings is 2. The van der Waals surface area contributed by atoms with E-state index in [0.29, 0.717) is 11.3 Å². The molecule has 0 N–H and O–H groups in total. The van der Waals surface area contributed by atoms with Crippen molar-refractivity contribution < 1.29 is 0 Å². The molecule has 5 rings (SSSR count). The molecule has 2 atom stereocenters. The molecule has 2 fully saturated rings. The summed E-state index contributed by atoms with van der Waals surface area (Å²) in [6.45, 7) is 11.0. The Kier molecular flexibility index (Phi) is 7.71. The van der Waals surface area contributed by atoms with E-state index in [1.165, 1.54) is 86.5 Å². The van der Waals surface area contributed by atoms with Gasteiger partial charge in [0, 0.05) is 0 Å². The molecule has 0 radical (unpaired) electrons. The van der Waals surface area contributed by atoms with Gasteiger partial charge in [-0.05, 0) is 136 Å². The second kappa shape index (κ2) is 11.0. The molecular formula is C36H46. The quantitative estimate of drug-likeness (QED) is 0.331. The average molecular weight is 479 g/mol. The Labute approximate surface area is 220 Å². The van der Waals surface area contributed by atoms with Gasteiger partial charge in [0.1, 0.15) is 0 Å². The zero-order chi connectivity index (χ0) is 25.1. The third-order valence-electron chi connectivity index (χ3n) is 9.83. The van der Waals surface area contributed by atoms with E-state index in [0.717, 1.165) is 17.8 Å². The van der Waals surface area contributed by atoms with Crippen molar-refractivity contribution >= 4 is 0 Å². The van der Waals surface area contributed by atoms with Crippen LogP contribution < -0.4 is 0 Å². The molecule has 36 heavy (non-hydrogen) atoms. The first-order chi connectivity index (χ1) is 17.4. The lowest BCUT2D eigenvalue weighted by atomic mass is 9.70. The van der Waals surface area contributed by atoms with E-state index in [2.05, 4.69) is 94.1 Å². The van der Waals surface area contributed by atoms with Gasteiger partial charge >= 0.3 is 0 Å². The van der Waals surface area contributed by atoms with Crippen LogP contribution in [0, 0.1) is 31.6 Å². The summed E-state index contributed by atoms with van der Waals surface area (Å²) in [5, 5.41) is 0. The van der Waals surface area contributed by atoms with Gasteiger partial charge in [0.15, 0.2) is 0 Å². The van der Waals surface area contributed by atoms with Crippen molar-refractivity contribution in [1.29, 1.82) is 0 Å². The maximum absolute atomic E-state index is 4.19. The van der Waals surface area contributed by atoms with Crippen LogP contribution in [0.2, 0.25) is 0 Å². The number of aryl methyl sites for hydroxylation is 3. The first-order valence-corrected chi connectivity index (χ1v) is 14.6. The van der Waals surface area contributed by atoms with Crippen LogP contribution in [0.5, 0.6) is 0 Å². The van der Waals surface area contributed by atoms with Crippen molar-refractivity contribution in [3.63, 3.8) is 0 Å². The number of hydrogen-bond donors (Lipinski definition) is 0. The van der Waals surface area contributed by atoms with Crippen molar-refractivity contribution in [3.05, 3.63) is 107 Å². The van der Waals surface area contributed by atoms with Gasteiger partial charge < -0.3 is 0 Å². The summed E-state index contributed by atoms with van der Waals surface area (Å²) in [5.41, 5.74) is 9.30. The fourth-order valence-corrected chi connectivity index (χ4v) is 7.74. The SMILES string of the molecule is C=C(C)C1CCC(c2ccc(CC[C@H]3CC[C@](CC4C=CC=C4)(c4ccc(C)cc4C)C3)cc2)CC1. The van der Waals surface area contributed by atoms with E-state index in [9.17, 15) is 0 Å². The highest BCUT2D eigenvalue weighted by Gasteiger charge is 2.42. The Bertz CT molecular complexity index is 1090. The van der Waals surface area contributed by atoms with Crippen LogP contribution in [0.4, 0.5) is 0 Å². The van der Waals surface area contributed by atoms with Crippen LogP contribution in [0.25, 0.3) is 0 Å².